The Hall–Kier alpha value is -3.32. The van der Waals surface area contributed by atoms with Crippen LogP contribution in [0, 0.1) is 17.1 Å². The van der Waals surface area contributed by atoms with E-state index in [1.807, 2.05) is 30.5 Å². The summed E-state index contributed by atoms with van der Waals surface area (Å²) in [6.07, 6.45) is 8.28. The number of hydrogen-bond donors (Lipinski definition) is 0. The summed E-state index contributed by atoms with van der Waals surface area (Å²) in [5.74, 6) is -0.850. The zero-order valence-electron chi connectivity index (χ0n) is 21.3. The second-order valence-electron chi connectivity index (χ2n) is 9.98. The number of carbonyl (C=O) groups excluding carboxylic acids is 1. The van der Waals surface area contributed by atoms with E-state index in [1.165, 1.54) is 24.8 Å². The van der Waals surface area contributed by atoms with Crippen LogP contribution in [0.25, 0.3) is 0 Å². The van der Waals surface area contributed by atoms with Crippen LogP contribution in [0.3, 0.4) is 0 Å². The number of pyridine rings is 1. The van der Waals surface area contributed by atoms with Crippen molar-refractivity contribution in [3.05, 3.63) is 88.5 Å². The van der Waals surface area contributed by atoms with Crippen LogP contribution in [0.4, 0.5) is 10.1 Å². The highest BCUT2D eigenvalue weighted by atomic mass is 35.5. The van der Waals surface area contributed by atoms with Gasteiger partial charge in [-0.1, -0.05) is 55.1 Å². The van der Waals surface area contributed by atoms with Gasteiger partial charge in [0.05, 0.1) is 27.7 Å². The Balaban J connectivity index is 1.40. The fourth-order valence-corrected chi connectivity index (χ4v) is 7.25. The van der Waals surface area contributed by atoms with Gasteiger partial charge in [0.2, 0.25) is 15.9 Å². The SMILES string of the molecule is N#Cc1cc(S(=O)(=O)N2CC[C@@H]2C(=O)N(Cc2ccc(C3CCCCC3)cn2)c2ccccc2)cc(Cl)c1F. The van der Waals surface area contributed by atoms with Crippen LogP contribution in [-0.2, 0) is 21.4 Å². The minimum Gasteiger partial charge on any atom is -0.305 e. The van der Waals surface area contributed by atoms with Gasteiger partial charge in [-0.05, 0) is 61.1 Å². The van der Waals surface area contributed by atoms with E-state index < -0.39 is 32.5 Å². The first-order valence-electron chi connectivity index (χ1n) is 13.0. The van der Waals surface area contributed by atoms with Crippen molar-refractivity contribution in [3.63, 3.8) is 0 Å². The number of benzene rings is 2. The van der Waals surface area contributed by atoms with E-state index in [1.54, 1.807) is 23.1 Å². The highest BCUT2D eigenvalue weighted by Crippen LogP contribution is 2.34. The Morgan fingerprint density at radius 1 is 1.10 bits per heavy atom. The lowest BCUT2D eigenvalue weighted by Crippen LogP contribution is -2.59. The van der Waals surface area contributed by atoms with Gasteiger partial charge >= 0.3 is 0 Å². The van der Waals surface area contributed by atoms with Crippen LogP contribution < -0.4 is 4.90 Å². The van der Waals surface area contributed by atoms with Crippen molar-refractivity contribution >= 4 is 33.2 Å². The van der Waals surface area contributed by atoms with Crippen molar-refractivity contribution in [1.82, 2.24) is 9.29 Å². The summed E-state index contributed by atoms with van der Waals surface area (Å²) < 4.78 is 42.0. The molecule has 0 bridgehead atoms. The van der Waals surface area contributed by atoms with Gasteiger partial charge in [-0.25, -0.2) is 12.8 Å². The zero-order chi connectivity index (χ0) is 27.6. The lowest BCUT2D eigenvalue weighted by Gasteiger charge is -2.41. The number of halogens is 2. The molecule has 2 heterocycles. The third-order valence-electron chi connectivity index (χ3n) is 7.56. The van der Waals surface area contributed by atoms with E-state index in [0.717, 1.165) is 29.3 Å². The molecule has 2 aromatic carbocycles. The van der Waals surface area contributed by atoms with Crippen molar-refractivity contribution in [1.29, 1.82) is 5.26 Å². The maximum absolute atomic E-state index is 14.1. The Morgan fingerprint density at radius 2 is 1.85 bits per heavy atom. The summed E-state index contributed by atoms with van der Waals surface area (Å²) in [5.41, 5.74) is 2.06. The number of anilines is 1. The molecule has 1 saturated heterocycles. The smallest absolute Gasteiger partial charge is 0.245 e. The Labute approximate surface area is 232 Å². The van der Waals surface area contributed by atoms with Gasteiger partial charge in [0, 0.05) is 18.4 Å². The van der Waals surface area contributed by atoms with E-state index in [4.69, 9.17) is 11.6 Å². The number of nitriles is 1. The van der Waals surface area contributed by atoms with E-state index in [0.29, 0.717) is 23.7 Å². The Kier molecular flexibility index (Phi) is 7.98. The monoisotopic (exact) mass is 566 g/mol. The number of sulfonamides is 1. The highest BCUT2D eigenvalue weighted by Gasteiger charge is 2.45. The van der Waals surface area contributed by atoms with Crippen LogP contribution in [0.5, 0.6) is 0 Å². The lowest BCUT2D eigenvalue weighted by atomic mass is 9.85. The number of para-hydroxylation sites is 1. The highest BCUT2D eigenvalue weighted by molar-refractivity contribution is 7.89. The summed E-state index contributed by atoms with van der Waals surface area (Å²) in [5, 5.41) is 8.72. The van der Waals surface area contributed by atoms with Crippen molar-refractivity contribution < 1.29 is 17.6 Å². The van der Waals surface area contributed by atoms with Gasteiger partial charge in [-0.15, -0.1) is 0 Å². The maximum Gasteiger partial charge on any atom is 0.245 e. The van der Waals surface area contributed by atoms with Crippen LogP contribution in [-0.4, -0.2) is 36.2 Å². The fraction of sp³-hybridized carbons (Fsp3) is 0.345. The molecule has 2 aliphatic rings. The first-order chi connectivity index (χ1) is 18.8. The van der Waals surface area contributed by atoms with E-state index >= 15 is 0 Å². The molecule has 7 nitrogen and oxygen atoms in total. The second kappa shape index (κ2) is 11.4. The van der Waals surface area contributed by atoms with Gasteiger partial charge in [-0.2, -0.15) is 9.57 Å². The molecule has 0 radical (unpaired) electrons. The first-order valence-corrected chi connectivity index (χ1v) is 14.8. The molecule has 0 unspecified atom stereocenters. The van der Waals surface area contributed by atoms with Gasteiger partial charge in [0.1, 0.15) is 12.1 Å². The molecule has 3 aromatic rings. The Bertz CT molecular complexity index is 1500. The molecule has 202 valence electrons. The molecule has 1 aliphatic heterocycles. The van der Waals surface area contributed by atoms with Crippen LogP contribution in [0.2, 0.25) is 5.02 Å². The molecule has 1 aliphatic carbocycles. The van der Waals surface area contributed by atoms with Crippen LogP contribution >= 0.6 is 11.6 Å². The number of rotatable bonds is 7. The zero-order valence-corrected chi connectivity index (χ0v) is 22.8. The molecule has 2 fully saturated rings. The molecular formula is C29H28ClFN4O3S. The number of carbonyl (C=O) groups is 1. The number of aromatic nitrogens is 1. The molecule has 1 atom stereocenters. The van der Waals surface area contributed by atoms with E-state index in [9.17, 15) is 22.9 Å². The quantitative estimate of drug-likeness (QED) is 0.361. The average molecular weight is 567 g/mol. The summed E-state index contributed by atoms with van der Waals surface area (Å²) in [7, 11) is -4.21. The largest absolute Gasteiger partial charge is 0.305 e. The summed E-state index contributed by atoms with van der Waals surface area (Å²) in [6.45, 7) is 0.297. The van der Waals surface area contributed by atoms with Gasteiger partial charge in [-0.3, -0.25) is 9.78 Å². The topological polar surface area (TPSA) is 94.4 Å². The third-order valence-corrected chi connectivity index (χ3v) is 9.72. The minimum absolute atomic E-state index is 0.118. The maximum atomic E-state index is 14.1. The molecule has 10 heteroatoms. The number of nitrogens with zero attached hydrogens (tertiary/aromatic N) is 4. The standard InChI is InChI=1S/C29H28ClFN4O3S/c30-26-16-25(15-22(17-32)28(26)31)39(37,38)35-14-13-27(35)29(36)34(24-9-5-2-6-10-24)19-23-12-11-21(18-33-23)20-7-3-1-4-8-20/h2,5-6,9-12,15-16,18,20,27H,1,3-4,7-8,13-14,19H2/t27-/m1/s1. The van der Waals surface area contributed by atoms with Crippen LogP contribution in [0.15, 0.2) is 65.7 Å². The molecule has 1 aromatic heterocycles. The molecule has 39 heavy (non-hydrogen) atoms. The summed E-state index contributed by atoms with van der Waals surface area (Å²) in [6, 6.07) is 15.7. The van der Waals surface area contributed by atoms with Gasteiger partial charge in [0.25, 0.3) is 0 Å². The summed E-state index contributed by atoms with van der Waals surface area (Å²) >= 11 is 5.86. The lowest BCUT2D eigenvalue weighted by molar-refractivity contribution is -0.125. The molecule has 5 rings (SSSR count). The molecule has 0 spiro atoms. The van der Waals surface area contributed by atoms with Crippen LogP contribution in [0.1, 0.15) is 61.3 Å². The molecular weight excluding hydrogens is 539 g/mol. The third kappa shape index (κ3) is 5.55. The van der Waals surface area contributed by atoms with Gasteiger partial charge < -0.3 is 4.90 Å². The fourth-order valence-electron chi connectivity index (χ4n) is 5.28. The first kappa shape index (κ1) is 27.3. The van der Waals surface area contributed by atoms with Gasteiger partial charge in [0.15, 0.2) is 5.82 Å². The van der Waals surface area contributed by atoms with Crippen molar-refractivity contribution in [2.24, 2.45) is 0 Å². The van der Waals surface area contributed by atoms with Crippen molar-refractivity contribution in [2.75, 3.05) is 11.4 Å². The van der Waals surface area contributed by atoms with Crippen molar-refractivity contribution in [3.8, 4) is 6.07 Å². The normalized spacial score (nSPS) is 18.2. The van der Waals surface area contributed by atoms with E-state index in [-0.39, 0.29) is 23.9 Å². The van der Waals surface area contributed by atoms with Crippen molar-refractivity contribution in [2.45, 2.75) is 61.9 Å². The second-order valence-corrected chi connectivity index (χ2v) is 12.3. The van der Waals surface area contributed by atoms with E-state index in [2.05, 4.69) is 11.1 Å². The Morgan fingerprint density at radius 3 is 2.46 bits per heavy atom. The predicted molar refractivity (Wildman–Crippen MR) is 146 cm³/mol. The number of amides is 1. The molecule has 1 saturated carbocycles. The number of hydrogen-bond acceptors (Lipinski definition) is 5. The molecule has 1 amide bonds. The minimum atomic E-state index is -4.21. The molecule has 0 N–H and O–H groups in total. The summed E-state index contributed by atoms with van der Waals surface area (Å²) in [4.78, 5) is 19.7. The predicted octanol–water partition coefficient (Wildman–Crippen LogP) is 5.79. The average Bonchev–Trinajstić information content (AvgIpc) is 2.93.